The quantitative estimate of drug-likeness (QED) is 0.0629. The lowest BCUT2D eigenvalue weighted by atomic mass is 9.89. The van der Waals surface area contributed by atoms with E-state index in [4.69, 9.17) is 48.7 Å². The van der Waals surface area contributed by atoms with E-state index in [1.807, 2.05) is 146 Å². The first kappa shape index (κ1) is 44.4. The molecule has 8 rings (SSSR count). The molecule has 0 spiro atoms. The second kappa shape index (κ2) is 25.9. The van der Waals surface area contributed by atoms with Crippen molar-refractivity contribution in [2.24, 2.45) is 5.92 Å². The van der Waals surface area contributed by atoms with Crippen molar-refractivity contribution in [1.82, 2.24) is 0 Å². The standard InChI is InChI=1S/C56H62O11/c1-58-55-54(64-38-46-30-18-7-19-31-46)52(62-36-44-26-14-5-15-27-44)51(49(66-55)40-60-34-42-22-10-3-11-23-42)67-56-53(63-37-45-28-16-6-17-29-45)50(61-35-43-24-12-4-13-25-43)47(32-57)48(65-56)39-59-33-41-20-8-2-9-21-41/h2-31,47-57H,32-40H2,1H3/t47-,48-,49-,50+,51-,52+,53-,54-,55?,56-/m1/s1/i34D,36D,38D/t34?,36?,38?,47-,48-,49-,50+,51-,52+,53-,54-,55?,56-. The van der Waals surface area contributed by atoms with Crippen molar-refractivity contribution in [3.8, 4) is 0 Å². The highest BCUT2D eigenvalue weighted by Gasteiger charge is 2.54. The molecular weight excluding hydrogens is 849 g/mol. The largest absolute Gasteiger partial charge is 0.396 e. The van der Waals surface area contributed by atoms with Crippen LogP contribution in [0.1, 0.15) is 37.5 Å². The summed E-state index contributed by atoms with van der Waals surface area (Å²) in [6, 6.07) is 56.5. The van der Waals surface area contributed by atoms with Gasteiger partial charge < -0.3 is 52.5 Å². The Morgan fingerprint density at radius 1 is 0.418 bits per heavy atom. The summed E-state index contributed by atoms with van der Waals surface area (Å²) < 4.78 is 94.3. The Labute approximate surface area is 398 Å². The van der Waals surface area contributed by atoms with Gasteiger partial charge in [-0.05, 0) is 33.4 Å². The molecule has 0 aromatic heterocycles. The van der Waals surface area contributed by atoms with Crippen molar-refractivity contribution in [3.05, 3.63) is 215 Å². The fourth-order valence-corrected chi connectivity index (χ4v) is 8.22. The van der Waals surface area contributed by atoms with Gasteiger partial charge in [-0.3, -0.25) is 0 Å². The van der Waals surface area contributed by atoms with Gasteiger partial charge in [-0.15, -0.1) is 0 Å². The van der Waals surface area contributed by atoms with E-state index >= 15 is 0 Å². The maximum Gasteiger partial charge on any atom is 0.187 e. The number of methoxy groups -OCH3 is 1. The molecule has 2 aliphatic rings. The molecule has 2 aliphatic heterocycles. The van der Waals surface area contributed by atoms with Crippen LogP contribution in [0.3, 0.4) is 0 Å². The third kappa shape index (κ3) is 14.0. The van der Waals surface area contributed by atoms with Crippen LogP contribution in [0.15, 0.2) is 182 Å². The van der Waals surface area contributed by atoms with E-state index < -0.39 is 81.0 Å². The summed E-state index contributed by atoms with van der Waals surface area (Å²) in [7, 11) is 1.47. The van der Waals surface area contributed by atoms with Gasteiger partial charge in [0.05, 0.1) is 75.7 Å². The molecule has 11 heteroatoms. The van der Waals surface area contributed by atoms with Crippen molar-refractivity contribution in [3.63, 3.8) is 0 Å². The minimum atomic E-state index is -1.27. The van der Waals surface area contributed by atoms with Crippen LogP contribution in [-0.4, -0.2) is 87.3 Å². The summed E-state index contributed by atoms with van der Waals surface area (Å²) in [6.07, 6.45) is -9.62. The van der Waals surface area contributed by atoms with Crippen molar-refractivity contribution >= 4 is 0 Å². The van der Waals surface area contributed by atoms with Gasteiger partial charge in [-0.2, -0.15) is 0 Å². The topological polar surface area (TPSA) is 113 Å². The Balaban J connectivity index is 1.20. The van der Waals surface area contributed by atoms with E-state index in [1.54, 1.807) is 36.4 Å². The van der Waals surface area contributed by atoms with Gasteiger partial charge in [0.1, 0.15) is 30.5 Å². The van der Waals surface area contributed by atoms with Crippen LogP contribution < -0.4 is 0 Å². The first-order valence-corrected chi connectivity index (χ1v) is 22.7. The number of hydrogen-bond donors (Lipinski definition) is 1. The molecular formula is C56H62O11. The van der Waals surface area contributed by atoms with Crippen LogP contribution in [0.2, 0.25) is 0 Å². The van der Waals surface area contributed by atoms with Crippen molar-refractivity contribution in [2.75, 3.05) is 26.9 Å². The zero-order chi connectivity index (χ0) is 48.5. The zero-order valence-electron chi connectivity index (χ0n) is 40.6. The zero-order valence-corrected chi connectivity index (χ0v) is 37.6. The molecule has 0 saturated carbocycles. The van der Waals surface area contributed by atoms with Crippen LogP contribution >= 0.6 is 0 Å². The minimum absolute atomic E-state index is 0.0553. The van der Waals surface area contributed by atoms with Gasteiger partial charge in [0.25, 0.3) is 0 Å². The summed E-state index contributed by atoms with van der Waals surface area (Å²) in [5.74, 6) is -0.650. The second-order valence-electron chi connectivity index (χ2n) is 16.4. The van der Waals surface area contributed by atoms with Gasteiger partial charge in [0.15, 0.2) is 12.6 Å². The molecule has 0 bridgehead atoms. The Bertz CT molecular complexity index is 2360. The van der Waals surface area contributed by atoms with Gasteiger partial charge in [-0.1, -0.05) is 182 Å². The molecule has 67 heavy (non-hydrogen) atoms. The van der Waals surface area contributed by atoms with Gasteiger partial charge in [0.2, 0.25) is 0 Å². The number of aliphatic hydroxyl groups excluding tert-OH is 1. The monoisotopic (exact) mass is 913 g/mol. The van der Waals surface area contributed by atoms with E-state index in [9.17, 15) is 7.85 Å². The van der Waals surface area contributed by atoms with Crippen LogP contribution in [0.4, 0.5) is 0 Å². The predicted molar refractivity (Wildman–Crippen MR) is 252 cm³/mol. The summed E-state index contributed by atoms with van der Waals surface area (Å²) in [5.41, 5.74) is 4.51. The molecule has 6 aromatic carbocycles. The number of benzene rings is 6. The lowest BCUT2D eigenvalue weighted by Gasteiger charge is -2.50. The number of ether oxygens (including phenoxy) is 10. The fourth-order valence-electron chi connectivity index (χ4n) is 8.22. The first-order chi connectivity index (χ1) is 34.4. The number of aliphatic hydroxyl groups is 1. The third-order valence-electron chi connectivity index (χ3n) is 11.7. The van der Waals surface area contributed by atoms with E-state index in [0.717, 1.165) is 16.7 Å². The first-order valence-electron chi connectivity index (χ1n) is 24.5. The lowest BCUT2D eigenvalue weighted by Crippen LogP contribution is -2.65. The predicted octanol–water partition coefficient (Wildman–Crippen LogP) is 8.85. The smallest absolute Gasteiger partial charge is 0.187 e. The van der Waals surface area contributed by atoms with Crippen molar-refractivity contribution in [1.29, 1.82) is 0 Å². The lowest BCUT2D eigenvalue weighted by molar-refractivity contribution is -0.371. The molecule has 13 atom stereocenters. The van der Waals surface area contributed by atoms with E-state index in [1.165, 1.54) is 7.11 Å². The average Bonchev–Trinajstić information content (AvgIpc) is 3.41. The molecule has 352 valence electrons. The third-order valence-corrected chi connectivity index (χ3v) is 11.7. The van der Waals surface area contributed by atoms with Crippen LogP contribution in [0, 0.1) is 5.92 Å². The highest BCUT2D eigenvalue weighted by molar-refractivity contribution is 5.18. The molecule has 4 unspecified atom stereocenters. The molecule has 1 N–H and O–H groups in total. The molecule has 2 saturated heterocycles. The molecule has 0 amide bonds. The summed E-state index contributed by atoms with van der Waals surface area (Å²) in [4.78, 5) is 0. The van der Waals surface area contributed by atoms with Crippen molar-refractivity contribution in [2.45, 2.75) is 94.9 Å². The fraction of sp³-hybridized carbons (Fsp3) is 0.357. The Morgan fingerprint density at radius 2 is 0.821 bits per heavy atom. The van der Waals surface area contributed by atoms with E-state index in [-0.39, 0.29) is 39.6 Å². The van der Waals surface area contributed by atoms with Gasteiger partial charge >= 0.3 is 0 Å². The number of hydrogen-bond acceptors (Lipinski definition) is 11. The average molecular weight is 914 g/mol. The molecule has 0 radical (unpaired) electrons. The second-order valence-corrected chi connectivity index (χ2v) is 16.4. The number of rotatable bonds is 24. The summed E-state index contributed by atoms with van der Waals surface area (Å²) >= 11 is 0. The van der Waals surface area contributed by atoms with Crippen LogP contribution in [0.5, 0.6) is 0 Å². The van der Waals surface area contributed by atoms with Crippen LogP contribution in [-0.2, 0) is 86.9 Å². The normalized spacial score (nSPS) is 27.2. The molecule has 6 aromatic rings. The molecule has 2 heterocycles. The minimum Gasteiger partial charge on any atom is -0.396 e. The maximum absolute atomic E-state index is 11.3. The van der Waals surface area contributed by atoms with E-state index in [2.05, 4.69) is 0 Å². The maximum atomic E-state index is 11.3. The molecule has 0 aliphatic carbocycles. The highest BCUT2D eigenvalue weighted by atomic mass is 16.8. The Kier molecular flexibility index (Phi) is 17.1. The van der Waals surface area contributed by atoms with E-state index in [0.29, 0.717) is 16.7 Å². The van der Waals surface area contributed by atoms with Gasteiger partial charge in [-0.25, -0.2) is 0 Å². The SMILES string of the molecule is [2H]C(OC[C@H]1OC(OC)[C@H](OC([2H])c2ccccc2)[C@@H](OC([2H])c2ccccc2)[C@@H]1O[C@H]1O[C@H](COCc2ccccc2)[C@@H](CO)[C@H](OCc2ccccc2)[C@H]1OCc1ccccc1)c1ccccc1. The summed E-state index contributed by atoms with van der Waals surface area (Å²) in [6.45, 7) is -3.48. The summed E-state index contributed by atoms with van der Waals surface area (Å²) in [5, 5.41) is 11.3. The Morgan fingerprint density at radius 3 is 1.31 bits per heavy atom. The van der Waals surface area contributed by atoms with Crippen molar-refractivity contribution < 1.29 is 56.6 Å². The highest BCUT2D eigenvalue weighted by Crippen LogP contribution is 2.37. The Hall–Kier alpha value is -5.12. The molecule has 11 nitrogen and oxygen atoms in total. The molecule has 2 fully saturated rings. The van der Waals surface area contributed by atoms with Gasteiger partial charge in [0, 0.05) is 13.0 Å². The van der Waals surface area contributed by atoms with Crippen LogP contribution in [0.25, 0.3) is 0 Å².